The van der Waals surface area contributed by atoms with E-state index in [1.54, 1.807) is 38.1 Å². The zero-order valence-corrected chi connectivity index (χ0v) is 19.6. The number of fused-ring (bicyclic) bond motifs is 3. The van der Waals surface area contributed by atoms with E-state index in [1.807, 2.05) is 0 Å². The van der Waals surface area contributed by atoms with E-state index < -0.39 is 27.7 Å². The van der Waals surface area contributed by atoms with Crippen molar-refractivity contribution < 1.29 is 32.0 Å². The highest BCUT2D eigenvalue weighted by molar-refractivity contribution is 7.88. The first-order chi connectivity index (χ1) is 15.5. The lowest BCUT2D eigenvalue weighted by Crippen LogP contribution is -2.70. The van der Waals surface area contributed by atoms with Gasteiger partial charge in [0.05, 0.1) is 11.3 Å². The highest BCUT2D eigenvalue weighted by Gasteiger charge is 2.62. The van der Waals surface area contributed by atoms with Gasteiger partial charge in [-0.05, 0) is 38.1 Å². The molecule has 176 valence electrons. The minimum Gasteiger partial charge on any atom is -0.454 e. The van der Waals surface area contributed by atoms with Gasteiger partial charge < -0.3 is 14.1 Å². The van der Waals surface area contributed by atoms with Crippen LogP contribution >= 0.6 is 0 Å². The maximum atomic E-state index is 13.5. The third-order valence-corrected chi connectivity index (χ3v) is 7.55. The summed E-state index contributed by atoms with van der Waals surface area (Å²) in [5.74, 6) is -1.30. The van der Waals surface area contributed by atoms with Crippen molar-refractivity contribution in [2.45, 2.75) is 50.1 Å². The molecule has 10 nitrogen and oxygen atoms in total. The Morgan fingerprint density at radius 1 is 1.18 bits per heavy atom. The van der Waals surface area contributed by atoms with Gasteiger partial charge in [0.2, 0.25) is 16.7 Å². The number of hydrogen-bond donors (Lipinski definition) is 0. The van der Waals surface area contributed by atoms with Crippen molar-refractivity contribution in [2.75, 3.05) is 19.0 Å². The van der Waals surface area contributed by atoms with Crippen molar-refractivity contribution >= 4 is 33.5 Å². The summed E-state index contributed by atoms with van der Waals surface area (Å²) in [4.78, 5) is 42.5. The van der Waals surface area contributed by atoms with Crippen molar-refractivity contribution in [3.05, 3.63) is 47.7 Å². The molecule has 1 unspecified atom stereocenters. The smallest absolute Gasteiger partial charge is 0.354 e. The van der Waals surface area contributed by atoms with Gasteiger partial charge in [0.15, 0.2) is 0 Å². The van der Waals surface area contributed by atoms with E-state index in [2.05, 4.69) is 0 Å². The monoisotopic (exact) mass is 475 g/mol. The largest absolute Gasteiger partial charge is 0.454 e. The molecule has 0 aliphatic carbocycles. The number of carbonyl (C=O) groups excluding carboxylic acids is 3. The first-order valence-electron chi connectivity index (χ1n) is 10.5. The second-order valence-corrected chi connectivity index (χ2v) is 10.5. The van der Waals surface area contributed by atoms with Crippen molar-refractivity contribution in [3.63, 3.8) is 0 Å². The van der Waals surface area contributed by atoms with Crippen LogP contribution in [-0.4, -0.2) is 61.2 Å². The van der Waals surface area contributed by atoms with Gasteiger partial charge in [-0.2, -0.15) is 0 Å². The fourth-order valence-electron chi connectivity index (χ4n) is 4.38. The van der Waals surface area contributed by atoms with E-state index in [1.165, 1.54) is 36.0 Å². The normalized spacial score (nSPS) is 20.4. The SMILES string of the molecule is CC(C)N1C(=O)c2ccccc2N2C(=O)CCC21C(=O)OCc1ccc(S(=O)(=O)N(C)C)o1. The summed E-state index contributed by atoms with van der Waals surface area (Å²) in [7, 11) is -1.03. The molecule has 0 radical (unpaired) electrons. The Labute approximate surface area is 191 Å². The number of nitrogens with zero attached hydrogens (tertiary/aromatic N) is 3. The van der Waals surface area contributed by atoms with Gasteiger partial charge in [0.25, 0.3) is 15.9 Å². The number of esters is 1. The second-order valence-electron chi connectivity index (χ2n) is 8.42. The number of para-hydroxylation sites is 1. The highest BCUT2D eigenvalue weighted by atomic mass is 32.2. The summed E-state index contributed by atoms with van der Waals surface area (Å²) < 4.78 is 36.3. The first kappa shape index (κ1) is 23.0. The topological polar surface area (TPSA) is 117 Å². The number of benzene rings is 1. The minimum atomic E-state index is -3.78. The summed E-state index contributed by atoms with van der Waals surface area (Å²) in [6, 6.07) is 8.96. The molecule has 0 saturated carbocycles. The van der Waals surface area contributed by atoms with E-state index in [0.29, 0.717) is 11.3 Å². The Hall–Kier alpha value is -3.18. The minimum absolute atomic E-state index is 0.0753. The number of anilines is 1. The molecule has 1 aromatic heterocycles. The predicted octanol–water partition coefficient (Wildman–Crippen LogP) is 1.96. The number of carbonyl (C=O) groups is 3. The maximum Gasteiger partial charge on any atom is 0.354 e. The Kier molecular flexibility index (Phi) is 5.57. The molecule has 0 N–H and O–H groups in total. The van der Waals surface area contributed by atoms with Gasteiger partial charge in [0, 0.05) is 33.0 Å². The van der Waals surface area contributed by atoms with E-state index in [0.717, 1.165) is 4.31 Å². The molecular weight excluding hydrogens is 450 g/mol. The molecule has 33 heavy (non-hydrogen) atoms. The van der Waals surface area contributed by atoms with Crippen molar-refractivity contribution in [1.82, 2.24) is 9.21 Å². The van der Waals surface area contributed by atoms with Gasteiger partial charge in [-0.1, -0.05) is 12.1 Å². The van der Waals surface area contributed by atoms with Crippen molar-refractivity contribution in [2.24, 2.45) is 0 Å². The Balaban J connectivity index is 1.68. The third kappa shape index (κ3) is 3.42. The van der Waals surface area contributed by atoms with Crippen molar-refractivity contribution in [1.29, 1.82) is 0 Å². The highest BCUT2D eigenvalue weighted by Crippen LogP contribution is 2.46. The molecule has 0 bridgehead atoms. The zero-order valence-electron chi connectivity index (χ0n) is 18.8. The van der Waals surface area contributed by atoms with E-state index >= 15 is 0 Å². The van der Waals surface area contributed by atoms with Crippen LogP contribution in [0.5, 0.6) is 0 Å². The molecule has 3 heterocycles. The Morgan fingerprint density at radius 2 is 1.88 bits per heavy atom. The number of furan rings is 1. The average Bonchev–Trinajstić information content (AvgIpc) is 3.38. The molecular formula is C22H25N3O7S. The number of sulfonamides is 1. The number of ether oxygens (including phenoxy) is 1. The summed E-state index contributed by atoms with van der Waals surface area (Å²) in [5.41, 5.74) is -0.910. The molecule has 1 aromatic carbocycles. The summed E-state index contributed by atoms with van der Waals surface area (Å²) in [6.45, 7) is 3.19. The number of rotatable bonds is 6. The lowest BCUT2D eigenvalue weighted by atomic mass is 9.95. The molecule has 1 fully saturated rings. The molecule has 4 rings (SSSR count). The molecule has 2 aromatic rings. The molecule has 11 heteroatoms. The summed E-state index contributed by atoms with van der Waals surface area (Å²) in [5, 5.41) is -0.278. The van der Waals surface area contributed by atoms with Crippen LogP contribution in [-0.2, 0) is 31.0 Å². The number of amides is 2. The quantitative estimate of drug-likeness (QED) is 0.586. The second kappa shape index (κ2) is 7.99. The third-order valence-electron chi connectivity index (χ3n) is 5.86. The summed E-state index contributed by atoms with van der Waals surface area (Å²) >= 11 is 0. The first-order valence-corrected chi connectivity index (χ1v) is 11.9. The van der Waals surface area contributed by atoms with Crippen LogP contribution in [0.3, 0.4) is 0 Å². The fraction of sp³-hybridized carbons (Fsp3) is 0.409. The van der Waals surface area contributed by atoms with Crippen LogP contribution in [0.2, 0.25) is 0 Å². The molecule has 0 spiro atoms. The number of hydrogen-bond acceptors (Lipinski definition) is 7. The van der Waals surface area contributed by atoms with Gasteiger partial charge >= 0.3 is 5.97 Å². The molecule has 2 aliphatic heterocycles. The van der Waals surface area contributed by atoms with Gasteiger partial charge in [-0.25, -0.2) is 17.5 Å². The average molecular weight is 476 g/mol. The standard InChI is InChI=1S/C22H25N3O7S/c1-14(2)24-20(27)16-7-5-6-8-17(16)25-18(26)11-12-22(24,25)21(28)31-13-15-9-10-19(32-15)33(29,30)23(3)4/h5-10,14H,11-13H2,1-4H3. The fourth-order valence-corrected chi connectivity index (χ4v) is 5.19. The van der Waals surface area contributed by atoms with Crippen LogP contribution in [0.25, 0.3) is 0 Å². The van der Waals surface area contributed by atoms with Crippen molar-refractivity contribution in [3.8, 4) is 0 Å². The lowest BCUT2D eigenvalue weighted by molar-refractivity contribution is -0.160. The molecule has 2 aliphatic rings. The molecule has 1 atom stereocenters. The van der Waals surface area contributed by atoms with E-state index in [9.17, 15) is 22.8 Å². The molecule has 2 amide bonds. The van der Waals surface area contributed by atoms with Crippen LogP contribution in [0.4, 0.5) is 5.69 Å². The summed E-state index contributed by atoms with van der Waals surface area (Å²) in [6.07, 6.45) is 0.160. The Bertz CT molecular complexity index is 1230. The van der Waals surface area contributed by atoms with Gasteiger partial charge in [-0.15, -0.1) is 0 Å². The zero-order chi connectivity index (χ0) is 24.1. The van der Waals surface area contributed by atoms with Crippen LogP contribution in [0, 0.1) is 0 Å². The van der Waals surface area contributed by atoms with Gasteiger partial charge in [-0.3, -0.25) is 14.5 Å². The lowest BCUT2D eigenvalue weighted by Gasteiger charge is -2.50. The van der Waals surface area contributed by atoms with E-state index in [4.69, 9.17) is 9.15 Å². The predicted molar refractivity (Wildman–Crippen MR) is 117 cm³/mol. The van der Waals surface area contributed by atoms with E-state index in [-0.39, 0.29) is 42.1 Å². The maximum absolute atomic E-state index is 13.5. The molecule has 1 saturated heterocycles. The van der Waals surface area contributed by atoms with Crippen LogP contribution in [0.1, 0.15) is 42.8 Å². The van der Waals surface area contributed by atoms with Crippen LogP contribution in [0.15, 0.2) is 45.9 Å². The van der Waals surface area contributed by atoms with Gasteiger partial charge in [0.1, 0.15) is 12.4 Å². The van der Waals surface area contributed by atoms with Crippen LogP contribution < -0.4 is 4.90 Å². The Morgan fingerprint density at radius 3 is 2.55 bits per heavy atom.